The Hall–Kier alpha value is -1.55. The summed E-state index contributed by atoms with van der Waals surface area (Å²) in [5.41, 5.74) is 0.721. The molecule has 22 heavy (non-hydrogen) atoms. The molecular formula is C18H25NO3. The predicted molar refractivity (Wildman–Crippen MR) is 85.2 cm³/mol. The van der Waals surface area contributed by atoms with E-state index in [0.717, 1.165) is 37.3 Å². The monoisotopic (exact) mass is 303 g/mol. The van der Waals surface area contributed by atoms with Gasteiger partial charge in [-0.15, -0.1) is 0 Å². The van der Waals surface area contributed by atoms with Crippen molar-refractivity contribution >= 4 is 5.91 Å². The molecule has 120 valence electrons. The summed E-state index contributed by atoms with van der Waals surface area (Å²) in [5.74, 6) is 1.39. The second-order valence-electron chi connectivity index (χ2n) is 6.53. The lowest BCUT2D eigenvalue weighted by molar-refractivity contribution is 0.00754. The Labute approximate surface area is 132 Å². The van der Waals surface area contributed by atoms with Crippen molar-refractivity contribution in [1.82, 2.24) is 4.90 Å². The maximum absolute atomic E-state index is 12.8. The number of hydrogen-bond acceptors (Lipinski definition) is 3. The van der Waals surface area contributed by atoms with Crippen molar-refractivity contribution in [2.75, 3.05) is 13.2 Å². The van der Waals surface area contributed by atoms with Gasteiger partial charge in [-0.3, -0.25) is 4.79 Å². The topological polar surface area (TPSA) is 38.8 Å². The molecule has 2 aliphatic rings. The van der Waals surface area contributed by atoms with Gasteiger partial charge in [0.25, 0.3) is 5.91 Å². The van der Waals surface area contributed by atoms with Gasteiger partial charge in [0.2, 0.25) is 0 Å². The quantitative estimate of drug-likeness (QED) is 0.839. The third-order valence-corrected chi connectivity index (χ3v) is 4.57. The Bertz CT molecular complexity index is 543. The molecule has 2 unspecified atom stereocenters. The highest BCUT2D eigenvalue weighted by Crippen LogP contribution is 2.40. The Balaban J connectivity index is 1.68. The number of rotatable bonds is 5. The van der Waals surface area contributed by atoms with Crippen molar-refractivity contribution in [2.45, 2.75) is 51.9 Å². The molecule has 1 aromatic carbocycles. The van der Waals surface area contributed by atoms with E-state index in [-0.39, 0.29) is 12.0 Å². The SMILES string of the molecule is CCO[C@H]1CC2CC1CN2C(=O)c1cccc(OC(C)C)c1. The molecule has 1 aromatic rings. The van der Waals surface area contributed by atoms with Crippen LogP contribution in [0.4, 0.5) is 0 Å². The highest BCUT2D eigenvalue weighted by molar-refractivity contribution is 5.95. The van der Waals surface area contributed by atoms with E-state index in [4.69, 9.17) is 9.47 Å². The molecule has 1 heterocycles. The summed E-state index contributed by atoms with van der Waals surface area (Å²) in [6.07, 6.45) is 2.51. The second kappa shape index (κ2) is 6.29. The molecule has 1 saturated carbocycles. The number of carbonyl (C=O) groups excluding carboxylic acids is 1. The van der Waals surface area contributed by atoms with Crippen LogP contribution in [-0.4, -0.2) is 42.2 Å². The first-order valence-electron chi connectivity index (χ1n) is 8.27. The smallest absolute Gasteiger partial charge is 0.254 e. The zero-order valence-corrected chi connectivity index (χ0v) is 13.6. The average Bonchev–Trinajstić information content (AvgIpc) is 3.06. The minimum absolute atomic E-state index is 0.111. The van der Waals surface area contributed by atoms with Crippen LogP contribution in [-0.2, 0) is 4.74 Å². The number of likely N-dealkylation sites (tertiary alicyclic amines) is 1. The molecular weight excluding hydrogens is 278 g/mol. The first-order chi connectivity index (χ1) is 10.6. The number of fused-ring (bicyclic) bond motifs is 2. The van der Waals surface area contributed by atoms with Crippen LogP contribution in [0.25, 0.3) is 0 Å². The van der Waals surface area contributed by atoms with Crippen molar-refractivity contribution in [3.8, 4) is 5.75 Å². The first-order valence-corrected chi connectivity index (χ1v) is 8.27. The molecule has 1 aliphatic heterocycles. The van der Waals surface area contributed by atoms with E-state index in [1.54, 1.807) is 0 Å². The van der Waals surface area contributed by atoms with Crippen LogP contribution in [0, 0.1) is 5.92 Å². The number of carbonyl (C=O) groups is 1. The maximum Gasteiger partial charge on any atom is 0.254 e. The molecule has 1 aliphatic carbocycles. The van der Waals surface area contributed by atoms with Crippen molar-refractivity contribution in [3.05, 3.63) is 29.8 Å². The minimum atomic E-state index is 0.111. The van der Waals surface area contributed by atoms with Gasteiger partial charge in [-0.2, -0.15) is 0 Å². The van der Waals surface area contributed by atoms with Gasteiger partial charge in [0, 0.05) is 30.7 Å². The fourth-order valence-electron chi connectivity index (χ4n) is 3.71. The summed E-state index contributed by atoms with van der Waals surface area (Å²) in [6, 6.07) is 7.86. The second-order valence-corrected chi connectivity index (χ2v) is 6.53. The van der Waals surface area contributed by atoms with Crippen molar-refractivity contribution in [2.24, 2.45) is 5.92 Å². The molecule has 3 rings (SSSR count). The lowest BCUT2D eigenvalue weighted by atomic mass is 10.0. The van der Waals surface area contributed by atoms with Crippen LogP contribution >= 0.6 is 0 Å². The summed E-state index contributed by atoms with van der Waals surface area (Å²) in [6.45, 7) is 7.60. The molecule has 2 fully saturated rings. The highest BCUT2D eigenvalue weighted by atomic mass is 16.5. The largest absolute Gasteiger partial charge is 0.491 e. The fourth-order valence-corrected chi connectivity index (χ4v) is 3.71. The Morgan fingerprint density at radius 3 is 2.82 bits per heavy atom. The molecule has 4 nitrogen and oxygen atoms in total. The average molecular weight is 303 g/mol. The lowest BCUT2D eigenvalue weighted by Crippen LogP contribution is -2.42. The molecule has 0 N–H and O–H groups in total. The fraction of sp³-hybridized carbons (Fsp3) is 0.611. The number of ether oxygens (including phenoxy) is 2. The van der Waals surface area contributed by atoms with Gasteiger partial charge >= 0.3 is 0 Å². The van der Waals surface area contributed by atoms with E-state index in [1.807, 2.05) is 49.9 Å². The molecule has 0 radical (unpaired) electrons. The highest BCUT2D eigenvalue weighted by Gasteiger charge is 2.46. The Morgan fingerprint density at radius 1 is 1.36 bits per heavy atom. The molecule has 0 aromatic heterocycles. The van der Waals surface area contributed by atoms with E-state index >= 15 is 0 Å². The van der Waals surface area contributed by atoms with Gasteiger partial charge in [0.05, 0.1) is 12.2 Å². The summed E-state index contributed by atoms with van der Waals surface area (Å²) in [7, 11) is 0. The Kier molecular flexibility index (Phi) is 4.39. The number of benzene rings is 1. The van der Waals surface area contributed by atoms with Crippen LogP contribution in [0.15, 0.2) is 24.3 Å². The van der Waals surface area contributed by atoms with Crippen LogP contribution in [0.2, 0.25) is 0 Å². The van der Waals surface area contributed by atoms with E-state index in [2.05, 4.69) is 0 Å². The van der Waals surface area contributed by atoms with Gasteiger partial charge in [-0.25, -0.2) is 0 Å². The van der Waals surface area contributed by atoms with E-state index in [0.29, 0.717) is 18.1 Å². The van der Waals surface area contributed by atoms with Crippen molar-refractivity contribution in [3.63, 3.8) is 0 Å². The number of piperidine rings is 1. The summed E-state index contributed by atoms with van der Waals surface area (Å²) in [5, 5.41) is 0. The van der Waals surface area contributed by atoms with Gasteiger partial charge < -0.3 is 14.4 Å². The normalized spacial score (nSPS) is 26.7. The van der Waals surface area contributed by atoms with E-state index in [1.165, 1.54) is 0 Å². The Morgan fingerprint density at radius 2 is 2.18 bits per heavy atom. The van der Waals surface area contributed by atoms with Gasteiger partial charge in [0.1, 0.15) is 5.75 Å². The van der Waals surface area contributed by atoms with E-state index in [9.17, 15) is 4.79 Å². The third kappa shape index (κ3) is 2.98. The molecule has 1 saturated heterocycles. The molecule has 0 spiro atoms. The summed E-state index contributed by atoms with van der Waals surface area (Å²) >= 11 is 0. The molecule has 3 atom stereocenters. The zero-order chi connectivity index (χ0) is 15.7. The van der Waals surface area contributed by atoms with Crippen LogP contribution in [0.3, 0.4) is 0 Å². The van der Waals surface area contributed by atoms with Crippen LogP contribution in [0.5, 0.6) is 5.75 Å². The summed E-state index contributed by atoms with van der Waals surface area (Å²) in [4.78, 5) is 14.8. The van der Waals surface area contributed by atoms with Crippen LogP contribution in [0.1, 0.15) is 44.0 Å². The van der Waals surface area contributed by atoms with Gasteiger partial charge in [-0.05, 0) is 51.8 Å². The molecule has 1 amide bonds. The lowest BCUT2D eigenvalue weighted by Gasteiger charge is -2.31. The number of amides is 1. The van der Waals surface area contributed by atoms with Crippen molar-refractivity contribution < 1.29 is 14.3 Å². The summed E-state index contributed by atoms with van der Waals surface area (Å²) < 4.78 is 11.5. The van der Waals surface area contributed by atoms with Crippen LogP contribution < -0.4 is 4.74 Å². The maximum atomic E-state index is 12.8. The van der Waals surface area contributed by atoms with Gasteiger partial charge in [-0.1, -0.05) is 6.07 Å². The number of nitrogens with zero attached hydrogens (tertiary/aromatic N) is 1. The standard InChI is InChI=1S/C18H25NO3/c1-4-21-17-10-15-8-14(17)11-19(15)18(20)13-6-5-7-16(9-13)22-12(2)3/h5-7,9,12,14-15,17H,4,8,10-11H2,1-3H3/t14?,15?,17-/m0/s1. The predicted octanol–water partition coefficient (Wildman–Crippen LogP) is 3.11. The van der Waals surface area contributed by atoms with Crippen molar-refractivity contribution in [1.29, 1.82) is 0 Å². The van der Waals surface area contributed by atoms with E-state index < -0.39 is 0 Å². The number of hydrogen-bond donors (Lipinski definition) is 0. The van der Waals surface area contributed by atoms with Gasteiger partial charge in [0.15, 0.2) is 0 Å². The molecule has 4 heteroatoms. The molecule has 2 bridgehead atoms. The zero-order valence-electron chi connectivity index (χ0n) is 13.6. The minimum Gasteiger partial charge on any atom is -0.491 e. The third-order valence-electron chi connectivity index (χ3n) is 4.57. The first kappa shape index (κ1) is 15.3.